The Hall–Kier alpha value is -1.13. The van der Waals surface area contributed by atoms with Crippen LogP contribution in [-0.2, 0) is 11.3 Å². The third-order valence-corrected chi connectivity index (χ3v) is 3.94. The Labute approximate surface area is 121 Å². The molecule has 0 bridgehead atoms. The lowest BCUT2D eigenvalue weighted by Gasteiger charge is -2.34. The summed E-state index contributed by atoms with van der Waals surface area (Å²) in [6, 6.07) is 5.38. The fourth-order valence-corrected chi connectivity index (χ4v) is 2.74. The molecule has 1 aliphatic heterocycles. The average molecular weight is 280 g/mol. The first-order valence-electron chi connectivity index (χ1n) is 7.52. The minimum atomic E-state index is -0.111. The van der Waals surface area contributed by atoms with E-state index in [1.54, 1.807) is 19.2 Å². The third-order valence-electron chi connectivity index (χ3n) is 3.94. The predicted molar refractivity (Wildman–Crippen MR) is 80.6 cm³/mol. The summed E-state index contributed by atoms with van der Waals surface area (Å²) in [7, 11) is 1.77. The van der Waals surface area contributed by atoms with E-state index in [0.717, 1.165) is 50.1 Å². The molecule has 2 rings (SSSR count). The summed E-state index contributed by atoms with van der Waals surface area (Å²) in [6.07, 6.45) is 3.42. The van der Waals surface area contributed by atoms with Crippen molar-refractivity contribution >= 4 is 5.69 Å². The standard InChI is InChI=1S/C16H25FN2O/c1-3-9-18-12-14-15(17)5-4-6-16(14)19-10-7-13(20-2)8-11-19/h4-6,13,18H,3,7-12H2,1-2H3. The van der Waals surface area contributed by atoms with Crippen molar-refractivity contribution in [3.8, 4) is 0 Å². The Bertz CT molecular complexity index is 417. The van der Waals surface area contributed by atoms with Crippen molar-refractivity contribution in [3.63, 3.8) is 0 Å². The predicted octanol–water partition coefficient (Wildman–Crippen LogP) is 2.94. The van der Waals surface area contributed by atoms with Gasteiger partial charge in [-0.2, -0.15) is 0 Å². The number of piperidine rings is 1. The average Bonchev–Trinajstić information content (AvgIpc) is 2.49. The van der Waals surface area contributed by atoms with E-state index in [0.29, 0.717) is 12.6 Å². The lowest BCUT2D eigenvalue weighted by Crippen LogP contribution is -2.37. The van der Waals surface area contributed by atoms with Gasteiger partial charge in [-0.05, 0) is 37.9 Å². The molecule has 0 unspecified atom stereocenters. The van der Waals surface area contributed by atoms with Gasteiger partial charge in [-0.3, -0.25) is 0 Å². The molecule has 20 heavy (non-hydrogen) atoms. The molecule has 4 heteroatoms. The molecule has 1 N–H and O–H groups in total. The van der Waals surface area contributed by atoms with Crippen LogP contribution in [0.5, 0.6) is 0 Å². The number of nitrogens with one attached hydrogen (secondary N) is 1. The van der Waals surface area contributed by atoms with Gasteiger partial charge in [0.05, 0.1) is 6.10 Å². The van der Waals surface area contributed by atoms with Crippen molar-refractivity contribution in [2.24, 2.45) is 0 Å². The number of halogens is 1. The maximum Gasteiger partial charge on any atom is 0.129 e. The first kappa shape index (κ1) is 15.3. The van der Waals surface area contributed by atoms with Crippen LogP contribution < -0.4 is 10.2 Å². The number of benzene rings is 1. The van der Waals surface area contributed by atoms with E-state index in [9.17, 15) is 4.39 Å². The largest absolute Gasteiger partial charge is 0.381 e. The number of hydrogen-bond acceptors (Lipinski definition) is 3. The van der Waals surface area contributed by atoms with Crippen LogP contribution in [-0.4, -0.2) is 32.8 Å². The molecule has 0 aliphatic carbocycles. The van der Waals surface area contributed by atoms with Gasteiger partial charge in [0.15, 0.2) is 0 Å². The van der Waals surface area contributed by atoms with Gasteiger partial charge < -0.3 is 15.0 Å². The van der Waals surface area contributed by atoms with Gasteiger partial charge in [0.25, 0.3) is 0 Å². The summed E-state index contributed by atoms with van der Waals surface area (Å²) in [4.78, 5) is 2.28. The zero-order chi connectivity index (χ0) is 14.4. The van der Waals surface area contributed by atoms with Gasteiger partial charge in [0, 0.05) is 38.0 Å². The van der Waals surface area contributed by atoms with Gasteiger partial charge >= 0.3 is 0 Å². The summed E-state index contributed by atoms with van der Waals surface area (Å²) in [5, 5.41) is 3.30. The number of nitrogens with zero attached hydrogens (tertiary/aromatic N) is 1. The van der Waals surface area contributed by atoms with Crippen LogP contribution in [0.3, 0.4) is 0 Å². The molecule has 0 radical (unpaired) electrons. The monoisotopic (exact) mass is 280 g/mol. The molecule has 0 aromatic heterocycles. The molecule has 1 aromatic rings. The molecule has 1 heterocycles. The van der Waals surface area contributed by atoms with E-state index in [1.807, 2.05) is 6.07 Å². The van der Waals surface area contributed by atoms with E-state index in [4.69, 9.17) is 4.74 Å². The van der Waals surface area contributed by atoms with Crippen LogP contribution in [0.2, 0.25) is 0 Å². The van der Waals surface area contributed by atoms with Crippen molar-refractivity contribution in [1.29, 1.82) is 0 Å². The van der Waals surface area contributed by atoms with E-state index in [-0.39, 0.29) is 5.82 Å². The first-order chi connectivity index (χ1) is 9.76. The van der Waals surface area contributed by atoms with Crippen molar-refractivity contribution < 1.29 is 9.13 Å². The highest BCUT2D eigenvalue weighted by molar-refractivity contribution is 5.54. The Morgan fingerprint density at radius 2 is 2.10 bits per heavy atom. The Kier molecular flexibility index (Phi) is 5.80. The molecule has 0 amide bonds. The Balaban J connectivity index is 2.08. The maximum absolute atomic E-state index is 14.1. The summed E-state index contributed by atoms with van der Waals surface area (Å²) in [6.45, 7) is 5.50. The smallest absolute Gasteiger partial charge is 0.129 e. The molecule has 1 aromatic carbocycles. The Morgan fingerprint density at radius 1 is 1.35 bits per heavy atom. The molecular formula is C16H25FN2O. The van der Waals surface area contributed by atoms with Crippen LogP contribution in [0.4, 0.5) is 10.1 Å². The molecule has 3 nitrogen and oxygen atoms in total. The molecule has 1 fully saturated rings. The topological polar surface area (TPSA) is 24.5 Å². The van der Waals surface area contributed by atoms with E-state index in [1.165, 1.54) is 0 Å². The van der Waals surface area contributed by atoms with Gasteiger partial charge in [-0.15, -0.1) is 0 Å². The Morgan fingerprint density at radius 3 is 2.75 bits per heavy atom. The molecule has 0 saturated carbocycles. The van der Waals surface area contributed by atoms with E-state index >= 15 is 0 Å². The fraction of sp³-hybridized carbons (Fsp3) is 0.625. The van der Waals surface area contributed by atoms with Crippen LogP contribution in [0, 0.1) is 5.82 Å². The second-order valence-corrected chi connectivity index (χ2v) is 5.34. The fourth-order valence-electron chi connectivity index (χ4n) is 2.74. The van der Waals surface area contributed by atoms with Gasteiger partial charge in [0.1, 0.15) is 5.82 Å². The zero-order valence-electron chi connectivity index (χ0n) is 12.5. The number of hydrogen-bond donors (Lipinski definition) is 1. The first-order valence-corrected chi connectivity index (χ1v) is 7.52. The van der Waals surface area contributed by atoms with Crippen molar-refractivity contribution in [2.45, 2.75) is 38.8 Å². The lowest BCUT2D eigenvalue weighted by molar-refractivity contribution is 0.0819. The maximum atomic E-state index is 14.1. The van der Waals surface area contributed by atoms with Gasteiger partial charge in [-0.25, -0.2) is 4.39 Å². The summed E-state index contributed by atoms with van der Waals surface area (Å²) >= 11 is 0. The SMILES string of the molecule is CCCNCc1c(F)cccc1N1CCC(OC)CC1. The molecule has 0 spiro atoms. The van der Waals surface area contributed by atoms with Gasteiger partial charge in [0.2, 0.25) is 0 Å². The summed E-state index contributed by atoms with van der Waals surface area (Å²) < 4.78 is 19.5. The van der Waals surface area contributed by atoms with Crippen molar-refractivity contribution in [3.05, 3.63) is 29.6 Å². The van der Waals surface area contributed by atoms with E-state index in [2.05, 4.69) is 17.1 Å². The molecular weight excluding hydrogens is 255 g/mol. The molecule has 112 valence electrons. The zero-order valence-corrected chi connectivity index (χ0v) is 12.5. The highest BCUT2D eigenvalue weighted by Crippen LogP contribution is 2.26. The van der Waals surface area contributed by atoms with Crippen molar-refractivity contribution in [1.82, 2.24) is 5.32 Å². The molecule has 1 saturated heterocycles. The second-order valence-electron chi connectivity index (χ2n) is 5.34. The lowest BCUT2D eigenvalue weighted by atomic mass is 10.0. The number of methoxy groups -OCH3 is 1. The summed E-state index contributed by atoms with van der Waals surface area (Å²) in [5.74, 6) is -0.111. The summed E-state index contributed by atoms with van der Waals surface area (Å²) in [5.41, 5.74) is 1.82. The van der Waals surface area contributed by atoms with Crippen molar-refractivity contribution in [2.75, 3.05) is 31.6 Å². The quantitative estimate of drug-likeness (QED) is 0.811. The molecule has 1 aliphatic rings. The van der Waals surface area contributed by atoms with Crippen LogP contribution in [0.15, 0.2) is 18.2 Å². The molecule has 0 atom stereocenters. The number of ether oxygens (including phenoxy) is 1. The van der Waals surface area contributed by atoms with Gasteiger partial charge in [-0.1, -0.05) is 13.0 Å². The highest BCUT2D eigenvalue weighted by Gasteiger charge is 2.21. The second kappa shape index (κ2) is 7.60. The number of anilines is 1. The van der Waals surface area contributed by atoms with Crippen LogP contribution in [0.25, 0.3) is 0 Å². The minimum Gasteiger partial charge on any atom is -0.381 e. The minimum absolute atomic E-state index is 0.111. The van der Waals surface area contributed by atoms with Crippen LogP contribution >= 0.6 is 0 Å². The van der Waals surface area contributed by atoms with Crippen LogP contribution in [0.1, 0.15) is 31.7 Å². The third kappa shape index (κ3) is 3.70. The van der Waals surface area contributed by atoms with E-state index < -0.39 is 0 Å². The number of rotatable bonds is 6. The highest BCUT2D eigenvalue weighted by atomic mass is 19.1. The normalized spacial score (nSPS) is 16.6.